The largest absolute Gasteiger partial charge is 0.496 e. The smallest absolute Gasteiger partial charge is 0.272 e. The average Bonchev–Trinajstić information content (AvgIpc) is 3.19. The zero-order chi connectivity index (χ0) is 17.1. The Morgan fingerprint density at radius 2 is 2.12 bits per heavy atom. The molecule has 3 aromatic rings. The van der Waals surface area contributed by atoms with E-state index in [2.05, 4.69) is 20.5 Å². The van der Waals surface area contributed by atoms with Crippen molar-refractivity contribution in [2.24, 2.45) is 0 Å². The van der Waals surface area contributed by atoms with Gasteiger partial charge in [-0.3, -0.25) is 9.89 Å². The molecule has 0 unspecified atom stereocenters. The Morgan fingerprint density at radius 1 is 1.33 bits per heavy atom. The average molecular weight is 342 g/mol. The van der Waals surface area contributed by atoms with Gasteiger partial charge in [-0.2, -0.15) is 5.10 Å². The van der Waals surface area contributed by atoms with Crippen molar-refractivity contribution >= 4 is 17.2 Å². The van der Waals surface area contributed by atoms with E-state index in [-0.39, 0.29) is 5.91 Å². The first-order valence-corrected chi connectivity index (χ1v) is 8.30. The van der Waals surface area contributed by atoms with Gasteiger partial charge in [-0.1, -0.05) is 18.2 Å². The number of aromatic amines is 1. The summed E-state index contributed by atoms with van der Waals surface area (Å²) in [5, 5.41) is 10.9. The number of nitrogens with one attached hydrogen (secondary N) is 2. The van der Waals surface area contributed by atoms with E-state index in [0.717, 1.165) is 32.6 Å². The third-order valence-corrected chi connectivity index (χ3v) is 4.70. The van der Waals surface area contributed by atoms with Gasteiger partial charge in [0.1, 0.15) is 5.75 Å². The standard InChI is InChI=1S/C17H18N4O2S/c1-10-16(24-11(2)19-10)13-8-14(21-20-13)17(22)18-9-12-6-4-5-7-15(12)23-3/h4-8H,9H2,1-3H3,(H,18,22)(H,20,21). The van der Waals surface area contributed by atoms with Crippen LogP contribution in [-0.2, 0) is 6.54 Å². The van der Waals surface area contributed by atoms with E-state index in [9.17, 15) is 4.79 Å². The van der Waals surface area contributed by atoms with Crippen molar-refractivity contribution in [2.45, 2.75) is 20.4 Å². The van der Waals surface area contributed by atoms with Gasteiger partial charge < -0.3 is 10.1 Å². The maximum atomic E-state index is 12.3. The van der Waals surface area contributed by atoms with Crippen LogP contribution in [0, 0.1) is 13.8 Å². The molecule has 2 N–H and O–H groups in total. The Bertz CT molecular complexity index is 869. The highest BCUT2D eigenvalue weighted by molar-refractivity contribution is 7.15. The fraction of sp³-hybridized carbons (Fsp3) is 0.235. The van der Waals surface area contributed by atoms with Crippen LogP contribution in [0.1, 0.15) is 26.8 Å². The molecule has 0 atom stereocenters. The fourth-order valence-electron chi connectivity index (χ4n) is 2.45. The molecule has 0 radical (unpaired) electrons. The topological polar surface area (TPSA) is 79.9 Å². The highest BCUT2D eigenvalue weighted by Gasteiger charge is 2.15. The summed E-state index contributed by atoms with van der Waals surface area (Å²) in [6.45, 7) is 4.28. The molecular formula is C17H18N4O2S. The van der Waals surface area contributed by atoms with Crippen molar-refractivity contribution in [2.75, 3.05) is 7.11 Å². The molecule has 0 aliphatic rings. The minimum absolute atomic E-state index is 0.234. The fourth-order valence-corrected chi connectivity index (χ4v) is 3.34. The predicted octanol–water partition coefficient (Wildman–Crippen LogP) is 3.09. The third-order valence-electron chi connectivity index (χ3n) is 3.59. The number of nitrogens with zero attached hydrogens (tertiary/aromatic N) is 2. The minimum Gasteiger partial charge on any atom is -0.496 e. The SMILES string of the molecule is COc1ccccc1CNC(=O)c1cc(-c2sc(C)nc2C)[nH]n1. The van der Waals surface area contributed by atoms with Crippen LogP contribution < -0.4 is 10.1 Å². The highest BCUT2D eigenvalue weighted by Crippen LogP contribution is 2.28. The molecule has 24 heavy (non-hydrogen) atoms. The van der Waals surface area contributed by atoms with Crippen molar-refractivity contribution in [1.29, 1.82) is 0 Å². The van der Waals surface area contributed by atoms with Crippen LogP contribution in [0.15, 0.2) is 30.3 Å². The zero-order valence-corrected chi connectivity index (χ0v) is 14.5. The monoisotopic (exact) mass is 342 g/mol. The number of para-hydroxylation sites is 1. The lowest BCUT2D eigenvalue weighted by molar-refractivity contribution is 0.0945. The summed E-state index contributed by atoms with van der Waals surface area (Å²) in [5.41, 5.74) is 3.01. The van der Waals surface area contributed by atoms with E-state index in [1.807, 2.05) is 38.1 Å². The molecule has 6 nitrogen and oxygen atoms in total. The van der Waals surface area contributed by atoms with Gasteiger partial charge in [0.15, 0.2) is 5.69 Å². The molecule has 0 saturated heterocycles. The number of H-pyrrole nitrogens is 1. The van der Waals surface area contributed by atoms with Crippen molar-refractivity contribution in [3.8, 4) is 16.3 Å². The van der Waals surface area contributed by atoms with Gasteiger partial charge in [0.2, 0.25) is 0 Å². The number of methoxy groups -OCH3 is 1. The van der Waals surface area contributed by atoms with Crippen LogP contribution in [0.4, 0.5) is 0 Å². The van der Waals surface area contributed by atoms with E-state index in [1.54, 1.807) is 24.5 Å². The number of aryl methyl sites for hydroxylation is 2. The van der Waals surface area contributed by atoms with Gasteiger partial charge in [-0.15, -0.1) is 11.3 Å². The molecule has 2 heterocycles. The predicted molar refractivity (Wildman–Crippen MR) is 93.3 cm³/mol. The number of hydrogen-bond acceptors (Lipinski definition) is 5. The van der Waals surface area contributed by atoms with Crippen LogP contribution in [0.5, 0.6) is 5.75 Å². The number of rotatable bonds is 5. The van der Waals surface area contributed by atoms with E-state index in [1.165, 1.54) is 0 Å². The molecule has 0 bridgehead atoms. The first-order chi connectivity index (χ1) is 11.6. The molecule has 0 saturated carbocycles. The van der Waals surface area contributed by atoms with Crippen molar-refractivity contribution in [3.63, 3.8) is 0 Å². The number of amides is 1. The van der Waals surface area contributed by atoms with E-state index < -0.39 is 0 Å². The van der Waals surface area contributed by atoms with Crippen molar-refractivity contribution < 1.29 is 9.53 Å². The van der Waals surface area contributed by atoms with Gasteiger partial charge in [0.05, 0.1) is 28.4 Å². The van der Waals surface area contributed by atoms with Crippen LogP contribution in [0.3, 0.4) is 0 Å². The summed E-state index contributed by atoms with van der Waals surface area (Å²) in [6.07, 6.45) is 0. The second-order valence-electron chi connectivity index (χ2n) is 5.31. The maximum Gasteiger partial charge on any atom is 0.272 e. The van der Waals surface area contributed by atoms with Gasteiger partial charge in [0.25, 0.3) is 5.91 Å². The Labute approximate surface area is 143 Å². The molecule has 1 amide bonds. The number of benzene rings is 1. The second-order valence-corrected chi connectivity index (χ2v) is 6.51. The summed E-state index contributed by atoms with van der Waals surface area (Å²) in [4.78, 5) is 17.7. The Balaban J connectivity index is 1.71. The zero-order valence-electron chi connectivity index (χ0n) is 13.7. The lowest BCUT2D eigenvalue weighted by atomic mass is 10.2. The first kappa shape index (κ1) is 16.2. The Hall–Kier alpha value is -2.67. The van der Waals surface area contributed by atoms with E-state index in [4.69, 9.17) is 4.74 Å². The number of aromatic nitrogens is 3. The van der Waals surface area contributed by atoms with Crippen molar-refractivity contribution in [1.82, 2.24) is 20.5 Å². The Morgan fingerprint density at radius 3 is 2.83 bits per heavy atom. The van der Waals surface area contributed by atoms with Gasteiger partial charge in [-0.25, -0.2) is 4.98 Å². The molecule has 0 aliphatic carbocycles. The molecule has 0 spiro atoms. The molecule has 124 valence electrons. The number of thiazole rings is 1. The summed E-state index contributed by atoms with van der Waals surface area (Å²) in [5.74, 6) is 0.513. The van der Waals surface area contributed by atoms with Gasteiger partial charge in [0, 0.05) is 12.1 Å². The van der Waals surface area contributed by atoms with Gasteiger partial charge in [-0.05, 0) is 26.0 Å². The third kappa shape index (κ3) is 3.30. The maximum absolute atomic E-state index is 12.3. The molecular weight excluding hydrogens is 324 g/mol. The number of carbonyl (C=O) groups excluding carboxylic acids is 1. The van der Waals surface area contributed by atoms with Crippen molar-refractivity contribution in [3.05, 3.63) is 52.3 Å². The quantitative estimate of drug-likeness (QED) is 0.747. The van der Waals surface area contributed by atoms with E-state index >= 15 is 0 Å². The van der Waals surface area contributed by atoms with Crippen LogP contribution in [0.2, 0.25) is 0 Å². The first-order valence-electron chi connectivity index (χ1n) is 7.48. The van der Waals surface area contributed by atoms with Crippen LogP contribution in [-0.4, -0.2) is 28.2 Å². The highest BCUT2D eigenvalue weighted by atomic mass is 32.1. The number of ether oxygens (including phenoxy) is 1. The summed E-state index contributed by atoms with van der Waals surface area (Å²) < 4.78 is 5.28. The molecule has 7 heteroatoms. The van der Waals surface area contributed by atoms with E-state index in [0.29, 0.717) is 12.2 Å². The normalized spacial score (nSPS) is 10.6. The summed E-state index contributed by atoms with van der Waals surface area (Å²) in [6, 6.07) is 9.33. The molecule has 3 rings (SSSR count). The lowest BCUT2D eigenvalue weighted by Gasteiger charge is -2.08. The number of carbonyl (C=O) groups is 1. The molecule has 2 aromatic heterocycles. The minimum atomic E-state index is -0.234. The molecule has 1 aromatic carbocycles. The second kappa shape index (κ2) is 6.84. The van der Waals surface area contributed by atoms with Gasteiger partial charge >= 0.3 is 0 Å². The van der Waals surface area contributed by atoms with Crippen LogP contribution >= 0.6 is 11.3 Å². The summed E-state index contributed by atoms with van der Waals surface area (Å²) >= 11 is 1.58. The Kier molecular flexibility index (Phi) is 4.61. The summed E-state index contributed by atoms with van der Waals surface area (Å²) in [7, 11) is 1.61. The molecule has 0 fully saturated rings. The lowest BCUT2D eigenvalue weighted by Crippen LogP contribution is -2.23. The van der Waals surface area contributed by atoms with Crippen LogP contribution in [0.25, 0.3) is 10.6 Å². The number of hydrogen-bond donors (Lipinski definition) is 2. The molecule has 0 aliphatic heterocycles.